The number of imide groups is 1. The Morgan fingerprint density at radius 2 is 1.96 bits per heavy atom. The van der Waals surface area contributed by atoms with Crippen LogP contribution < -0.4 is 10.1 Å². The molecule has 1 aliphatic rings. The Bertz CT molecular complexity index is 982. The Kier molecular flexibility index (Phi) is 4.45. The van der Waals surface area contributed by atoms with Gasteiger partial charge in [0, 0.05) is 15.8 Å². The number of carbonyl (C=O) groups is 2. The van der Waals surface area contributed by atoms with Crippen LogP contribution in [-0.2, 0) is 16.9 Å². The van der Waals surface area contributed by atoms with Crippen molar-refractivity contribution in [2.24, 2.45) is 0 Å². The first kappa shape index (κ1) is 17.7. The van der Waals surface area contributed by atoms with E-state index in [0.717, 1.165) is 21.2 Å². The van der Waals surface area contributed by atoms with Gasteiger partial charge in [0.05, 0.1) is 19.3 Å². The first-order chi connectivity index (χ1) is 13.0. The van der Waals surface area contributed by atoms with Crippen LogP contribution in [0.15, 0.2) is 47.2 Å². The standard InChI is InChI=1S/C19H17N3O3S2/c1-19(15-4-3-9-26-15)17(23)22(18(24)21-19)10-13-11-27-16(20-13)12-5-7-14(25-2)8-6-12/h3-9,11H,10H2,1-2H3,(H,21,24). The molecule has 3 amide bonds. The van der Waals surface area contributed by atoms with Crippen LogP contribution in [-0.4, -0.2) is 28.9 Å². The Labute approximate surface area is 164 Å². The van der Waals surface area contributed by atoms with E-state index >= 15 is 0 Å². The molecule has 0 saturated carbocycles. The molecule has 27 heavy (non-hydrogen) atoms. The summed E-state index contributed by atoms with van der Waals surface area (Å²) in [7, 11) is 1.62. The maximum absolute atomic E-state index is 12.9. The number of ether oxygens (including phenoxy) is 1. The molecule has 4 rings (SSSR count). The van der Waals surface area contributed by atoms with E-state index in [9.17, 15) is 9.59 Å². The zero-order valence-electron chi connectivity index (χ0n) is 14.8. The summed E-state index contributed by atoms with van der Waals surface area (Å²) in [5.74, 6) is 0.525. The molecule has 1 atom stereocenters. The van der Waals surface area contributed by atoms with E-state index in [2.05, 4.69) is 10.3 Å². The van der Waals surface area contributed by atoms with Gasteiger partial charge >= 0.3 is 6.03 Å². The number of thiazole rings is 1. The number of thiophene rings is 1. The highest BCUT2D eigenvalue weighted by Gasteiger charge is 2.49. The molecule has 0 radical (unpaired) electrons. The number of rotatable bonds is 5. The van der Waals surface area contributed by atoms with Crippen molar-refractivity contribution in [3.8, 4) is 16.3 Å². The molecule has 1 N–H and O–H groups in total. The number of hydrogen-bond acceptors (Lipinski definition) is 6. The van der Waals surface area contributed by atoms with E-state index in [1.54, 1.807) is 14.0 Å². The first-order valence-corrected chi connectivity index (χ1v) is 10.0. The second-order valence-corrected chi connectivity index (χ2v) is 8.10. The number of aromatic nitrogens is 1. The molecule has 1 aromatic carbocycles. The van der Waals surface area contributed by atoms with Crippen molar-refractivity contribution in [1.82, 2.24) is 15.2 Å². The van der Waals surface area contributed by atoms with Crippen molar-refractivity contribution in [2.75, 3.05) is 7.11 Å². The molecule has 1 aliphatic heterocycles. The minimum Gasteiger partial charge on any atom is -0.497 e. The Morgan fingerprint density at radius 3 is 2.63 bits per heavy atom. The number of nitrogens with zero attached hydrogens (tertiary/aromatic N) is 2. The van der Waals surface area contributed by atoms with Gasteiger partial charge in [0.2, 0.25) is 0 Å². The number of amides is 3. The average molecular weight is 399 g/mol. The SMILES string of the molecule is COc1ccc(-c2nc(CN3C(=O)NC(C)(c4cccs4)C3=O)cs2)cc1. The molecule has 1 unspecified atom stereocenters. The van der Waals surface area contributed by atoms with Crippen LogP contribution in [0.25, 0.3) is 10.6 Å². The third kappa shape index (κ3) is 3.11. The van der Waals surface area contributed by atoms with Gasteiger partial charge in [-0.25, -0.2) is 9.78 Å². The fourth-order valence-electron chi connectivity index (χ4n) is 2.98. The molecule has 1 saturated heterocycles. The van der Waals surface area contributed by atoms with Gasteiger partial charge < -0.3 is 10.1 Å². The number of carbonyl (C=O) groups excluding carboxylic acids is 2. The van der Waals surface area contributed by atoms with E-state index in [-0.39, 0.29) is 12.5 Å². The van der Waals surface area contributed by atoms with Crippen LogP contribution in [0.3, 0.4) is 0 Å². The summed E-state index contributed by atoms with van der Waals surface area (Å²) < 4.78 is 5.17. The second-order valence-electron chi connectivity index (χ2n) is 6.30. The largest absolute Gasteiger partial charge is 0.497 e. The summed E-state index contributed by atoms with van der Waals surface area (Å²) >= 11 is 2.93. The molecule has 3 aromatic rings. The lowest BCUT2D eigenvalue weighted by atomic mass is 10.0. The maximum atomic E-state index is 12.9. The fourth-order valence-corrected chi connectivity index (χ4v) is 4.63. The third-order valence-electron chi connectivity index (χ3n) is 4.50. The van der Waals surface area contributed by atoms with E-state index in [1.807, 2.05) is 47.2 Å². The van der Waals surface area contributed by atoms with E-state index in [1.165, 1.54) is 27.6 Å². The summed E-state index contributed by atoms with van der Waals surface area (Å²) in [6.07, 6.45) is 0. The lowest BCUT2D eigenvalue weighted by Gasteiger charge is -2.19. The van der Waals surface area contributed by atoms with Crippen LogP contribution in [0.1, 0.15) is 17.5 Å². The van der Waals surface area contributed by atoms with Gasteiger partial charge in [-0.3, -0.25) is 9.69 Å². The zero-order chi connectivity index (χ0) is 19.0. The predicted octanol–water partition coefficient (Wildman–Crippen LogP) is 3.85. The molecule has 138 valence electrons. The van der Waals surface area contributed by atoms with Gasteiger partial charge in [-0.05, 0) is 42.6 Å². The molecule has 1 fully saturated rings. The lowest BCUT2D eigenvalue weighted by Crippen LogP contribution is -2.40. The van der Waals surface area contributed by atoms with Gasteiger partial charge in [0.15, 0.2) is 5.54 Å². The first-order valence-electron chi connectivity index (χ1n) is 8.28. The number of hydrogen-bond donors (Lipinski definition) is 1. The van der Waals surface area contributed by atoms with Crippen LogP contribution in [0.4, 0.5) is 4.79 Å². The maximum Gasteiger partial charge on any atom is 0.325 e. The van der Waals surface area contributed by atoms with E-state index < -0.39 is 11.6 Å². The summed E-state index contributed by atoms with van der Waals surface area (Å²) in [5.41, 5.74) is 0.637. The molecular formula is C19H17N3O3S2. The molecule has 0 spiro atoms. The zero-order valence-corrected chi connectivity index (χ0v) is 16.4. The summed E-state index contributed by atoms with van der Waals surface area (Å²) in [6, 6.07) is 11.0. The van der Waals surface area contributed by atoms with Crippen molar-refractivity contribution in [2.45, 2.75) is 19.0 Å². The minimum atomic E-state index is -1.01. The smallest absolute Gasteiger partial charge is 0.325 e. The minimum absolute atomic E-state index is 0.151. The highest BCUT2D eigenvalue weighted by atomic mass is 32.1. The molecule has 6 nitrogen and oxygen atoms in total. The lowest BCUT2D eigenvalue weighted by molar-refractivity contribution is -0.131. The Hall–Kier alpha value is -2.71. The van der Waals surface area contributed by atoms with Crippen molar-refractivity contribution < 1.29 is 14.3 Å². The van der Waals surface area contributed by atoms with E-state index in [4.69, 9.17) is 4.74 Å². The second kappa shape index (κ2) is 6.79. The monoisotopic (exact) mass is 399 g/mol. The molecule has 3 heterocycles. The summed E-state index contributed by atoms with van der Waals surface area (Å²) in [6.45, 7) is 1.89. The van der Waals surface area contributed by atoms with Crippen LogP contribution in [0.5, 0.6) is 5.75 Å². The molecule has 8 heteroatoms. The average Bonchev–Trinajstić information content (AvgIpc) is 3.41. The van der Waals surface area contributed by atoms with Crippen LogP contribution >= 0.6 is 22.7 Å². The van der Waals surface area contributed by atoms with Crippen molar-refractivity contribution in [1.29, 1.82) is 0 Å². The number of nitrogens with one attached hydrogen (secondary N) is 1. The van der Waals surface area contributed by atoms with Crippen molar-refractivity contribution >= 4 is 34.6 Å². The molecular weight excluding hydrogens is 382 g/mol. The Morgan fingerprint density at radius 1 is 1.19 bits per heavy atom. The topological polar surface area (TPSA) is 71.5 Å². The van der Waals surface area contributed by atoms with Gasteiger partial charge in [-0.1, -0.05) is 6.07 Å². The predicted molar refractivity (Wildman–Crippen MR) is 105 cm³/mol. The quantitative estimate of drug-likeness (QED) is 0.662. The number of benzene rings is 1. The van der Waals surface area contributed by atoms with E-state index in [0.29, 0.717) is 5.69 Å². The molecule has 2 aromatic heterocycles. The fraction of sp³-hybridized carbons (Fsp3) is 0.211. The van der Waals surface area contributed by atoms with Crippen molar-refractivity contribution in [3.63, 3.8) is 0 Å². The van der Waals surface area contributed by atoms with Gasteiger partial charge in [-0.15, -0.1) is 22.7 Å². The summed E-state index contributed by atoms with van der Waals surface area (Å²) in [5, 5.41) is 7.42. The highest BCUT2D eigenvalue weighted by Crippen LogP contribution is 2.33. The Balaban J connectivity index is 1.53. The summed E-state index contributed by atoms with van der Waals surface area (Å²) in [4.78, 5) is 31.9. The van der Waals surface area contributed by atoms with Gasteiger partial charge in [0.25, 0.3) is 5.91 Å². The van der Waals surface area contributed by atoms with Crippen molar-refractivity contribution in [3.05, 3.63) is 57.7 Å². The highest BCUT2D eigenvalue weighted by molar-refractivity contribution is 7.13. The number of urea groups is 1. The molecule has 0 bridgehead atoms. The third-order valence-corrected chi connectivity index (χ3v) is 6.53. The molecule has 0 aliphatic carbocycles. The van der Waals surface area contributed by atoms with Gasteiger partial charge in [0.1, 0.15) is 10.8 Å². The number of methoxy groups -OCH3 is 1. The van der Waals surface area contributed by atoms with Crippen LogP contribution in [0.2, 0.25) is 0 Å². The normalized spacial score (nSPS) is 19.4. The van der Waals surface area contributed by atoms with Gasteiger partial charge in [-0.2, -0.15) is 0 Å². The van der Waals surface area contributed by atoms with Crippen LogP contribution in [0, 0.1) is 0 Å².